The van der Waals surface area contributed by atoms with Gasteiger partial charge in [-0.25, -0.2) is 0 Å². The lowest BCUT2D eigenvalue weighted by Crippen LogP contribution is -2.07. The molecule has 0 aliphatic carbocycles. The molecule has 5 nitrogen and oxygen atoms in total. The molecule has 0 unspecified atom stereocenters. The molecule has 1 aromatic heterocycles. The van der Waals surface area contributed by atoms with Crippen molar-refractivity contribution >= 4 is 32.7 Å². The predicted octanol–water partition coefficient (Wildman–Crippen LogP) is 1.16. The topological polar surface area (TPSA) is 61.2 Å². The molecular weight excluding hydrogens is 331 g/mol. The van der Waals surface area contributed by atoms with Gasteiger partial charge in [-0.2, -0.15) is 13.5 Å². The van der Waals surface area contributed by atoms with Gasteiger partial charge < -0.3 is 0 Å². The highest BCUT2D eigenvalue weighted by molar-refractivity contribution is 14.1. The fraction of sp³-hybridized carbons (Fsp3) is 0.625. The van der Waals surface area contributed by atoms with Crippen LogP contribution in [-0.4, -0.2) is 31.1 Å². The first-order valence-electron chi connectivity index (χ1n) is 4.42. The number of hydrogen-bond acceptors (Lipinski definition) is 4. The van der Waals surface area contributed by atoms with Gasteiger partial charge in [0.25, 0.3) is 10.1 Å². The van der Waals surface area contributed by atoms with Crippen LogP contribution in [0.2, 0.25) is 0 Å². The summed E-state index contributed by atoms with van der Waals surface area (Å²) in [5.41, 5.74) is 0.986. The van der Waals surface area contributed by atoms with Crippen LogP contribution < -0.4 is 0 Å². The first-order chi connectivity index (χ1) is 6.88. The molecule has 15 heavy (non-hydrogen) atoms. The van der Waals surface area contributed by atoms with Crippen LogP contribution in [0.15, 0.2) is 6.20 Å². The lowest BCUT2D eigenvalue weighted by atomic mass is 10.4. The number of rotatable bonds is 5. The molecule has 0 aliphatic rings. The van der Waals surface area contributed by atoms with E-state index < -0.39 is 10.1 Å². The molecule has 0 bridgehead atoms. The van der Waals surface area contributed by atoms with Crippen molar-refractivity contribution in [1.82, 2.24) is 9.78 Å². The summed E-state index contributed by atoms with van der Waals surface area (Å²) < 4.78 is 28.8. The molecule has 1 aromatic rings. The molecule has 0 saturated heterocycles. The van der Waals surface area contributed by atoms with Crippen LogP contribution in [-0.2, 0) is 20.8 Å². The van der Waals surface area contributed by atoms with E-state index in [4.69, 9.17) is 0 Å². The van der Waals surface area contributed by atoms with Crippen molar-refractivity contribution in [3.8, 4) is 0 Å². The predicted molar refractivity (Wildman–Crippen MR) is 65.1 cm³/mol. The molecule has 1 rings (SSSR count). The summed E-state index contributed by atoms with van der Waals surface area (Å²) in [5.74, 6) is 0. The lowest BCUT2D eigenvalue weighted by molar-refractivity contribution is 0.304. The third kappa shape index (κ3) is 4.94. The van der Waals surface area contributed by atoms with Crippen LogP contribution in [0.4, 0.5) is 0 Å². The van der Waals surface area contributed by atoms with E-state index in [-0.39, 0.29) is 6.61 Å². The van der Waals surface area contributed by atoms with Gasteiger partial charge >= 0.3 is 0 Å². The molecule has 86 valence electrons. The van der Waals surface area contributed by atoms with E-state index >= 15 is 0 Å². The van der Waals surface area contributed by atoms with Gasteiger partial charge in [-0.3, -0.25) is 8.86 Å². The highest BCUT2D eigenvalue weighted by Crippen LogP contribution is 2.08. The zero-order valence-corrected chi connectivity index (χ0v) is 11.6. The van der Waals surface area contributed by atoms with Gasteiger partial charge in [0.05, 0.1) is 22.1 Å². The maximum Gasteiger partial charge on any atom is 0.264 e. The van der Waals surface area contributed by atoms with Gasteiger partial charge in [0.15, 0.2) is 0 Å². The monoisotopic (exact) mass is 344 g/mol. The molecule has 0 atom stereocenters. The molecule has 0 saturated carbocycles. The minimum Gasteiger partial charge on any atom is -0.271 e. The van der Waals surface area contributed by atoms with Crippen molar-refractivity contribution in [3.63, 3.8) is 0 Å². The highest BCUT2D eigenvalue weighted by Gasteiger charge is 2.03. The van der Waals surface area contributed by atoms with E-state index in [2.05, 4.69) is 31.9 Å². The zero-order chi connectivity index (χ0) is 11.5. The Balaban J connectivity index is 2.32. The Morgan fingerprint density at radius 2 is 2.27 bits per heavy atom. The molecule has 1 heterocycles. The fourth-order valence-electron chi connectivity index (χ4n) is 1.04. The molecule has 0 aromatic carbocycles. The van der Waals surface area contributed by atoms with Crippen LogP contribution >= 0.6 is 22.6 Å². The Kier molecular flexibility index (Phi) is 4.53. The van der Waals surface area contributed by atoms with Crippen molar-refractivity contribution < 1.29 is 12.6 Å². The summed E-state index contributed by atoms with van der Waals surface area (Å²) in [5, 5.41) is 4.25. The number of aromatic nitrogens is 2. The average Bonchev–Trinajstić information content (AvgIpc) is 2.39. The van der Waals surface area contributed by atoms with E-state index in [1.54, 1.807) is 4.68 Å². The standard InChI is InChI=1S/C8H13IN2O3S/c1-7-8(9)6-11(10-7)4-3-5-14-15(2,12)13/h6H,3-5H2,1-2H3. The Bertz CT molecular complexity index is 408. The van der Waals surface area contributed by atoms with Crippen LogP contribution in [0.5, 0.6) is 0 Å². The van der Waals surface area contributed by atoms with Crippen molar-refractivity contribution in [2.75, 3.05) is 12.9 Å². The number of hydrogen-bond donors (Lipinski definition) is 0. The van der Waals surface area contributed by atoms with E-state index in [0.717, 1.165) is 15.5 Å². The van der Waals surface area contributed by atoms with E-state index in [0.29, 0.717) is 13.0 Å². The maximum absolute atomic E-state index is 10.7. The molecule has 7 heteroatoms. The molecule has 0 fully saturated rings. The van der Waals surface area contributed by atoms with E-state index in [9.17, 15) is 8.42 Å². The Labute approximate surface area is 103 Å². The first kappa shape index (κ1) is 12.9. The van der Waals surface area contributed by atoms with Gasteiger partial charge in [-0.15, -0.1) is 0 Å². The second-order valence-electron chi connectivity index (χ2n) is 3.21. The largest absolute Gasteiger partial charge is 0.271 e. The molecule has 0 spiro atoms. The van der Waals surface area contributed by atoms with Crippen molar-refractivity contribution in [3.05, 3.63) is 15.5 Å². The van der Waals surface area contributed by atoms with Gasteiger partial charge in [0, 0.05) is 12.7 Å². The minimum atomic E-state index is -3.31. The maximum atomic E-state index is 10.7. The van der Waals surface area contributed by atoms with Gasteiger partial charge in [0.2, 0.25) is 0 Å². The van der Waals surface area contributed by atoms with Crippen molar-refractivity contribution in [2.24, 2.45) is 0 Å². The van der Waals surface area contributed by atoms with E-state index in [1.165, 1.54) is 0 Å². The van der Waals surface area contributed by atoms with Gasteiger partial charge in [-0.05, 0) is 35.9 Å². The average molecular weight is 344 g/mol. The molecular formula is C8H13IN2O3S. The Morgan fingerprint density at radius 3 is 2.73 bits per heavy atom. The molecule has 0 radical (unpaired) electrons. The van der Waals surface area contributed by atoms with Crippen LogP contribution in [0.25, 0.3) is 0 Å². The van der Waals surface area contributed by atoms with Crippen LogP contribution in [0.1, 0.15) is 12.1 Å². The summed E-state index contributed by atoms with van der Waals surface area (Å²) in [4.78, 5) is 0. The van der Waals surface area contributed by atoms with Crippen LogP contribution in [0.3, 0.4) is 0 Å². The van der Waals surface area contributed by atoms with Gasteiger partial charge in [0.1, 0.15) is 0 Å². The lowest BCUT2D eigenvalue weighted by Gasteiger charge is -2.01. The smallest absolute Gasteiger partial charge is 0.264 e. The summed E-state index contributed by atoms with van der Waals surface area (Å²) >= 11 is 2.21. The third-order valence-electron chi connectivity index (χ3n) is 1.72. The summed E-state index contributed by atoms with van der Waals surface area (Å²) in [6.07, 6.45) is 3.61. The Hall–Kier alpha value is -0.150. The second-order valence-corrected chi connectivity index (χ2v) is 6.01. The quantitative estimate of drug-likeness (QED) is 0.457. The first-order valence-corrected chi connectivity index (χ1v) is 7.32. The number of halogens is 1. The molecule has 0 aliphatic heterocycles. The SMILES string of the molecule is Cc1nn(CCCOS(C)(=O)=O)cc1I. The van der Waals surface area contributed by atoms with Crippen molar-refractivity contribution in [2.45, 2.75) is 19.9 Å². The second kappa shape index (κ2) is 5.26. The van der Waals surface area contributed by atoms with Crippen LogP contribution in [0, 0.1) is 10.5 Å². The normalized spacial score (nSPS) is 11.9. The number of nitrogens with zero attached hydrogens (tertiary/aromatic N) is 2. The van der Waals surface area contributed by atoms with Crippen molar-refractivity contribution in [1.29, 1.82) is 0 Å². The minimum absolute atomic E-state index is 0.203. The Morgan fingerprint density at radius 1 is 1.60 bits per heavy atom. The zero-order valence-electron chi connectivity index (χ0n) is 8.60. The fourth-order valence-corrected chi connectivity index (χ4v) is 1.89. The summed E-state index contributed by atoms with van der Waals surface area (Å²) in [7, 11) is -3.31. The molecule has 0 N–H and O–H groups in total. The third-order valence-corrected chi connectivity index (χ3v) is 3.37. The highest BCUT2D eigenvalue weighted by atomic mass is 127. The summed E-state index contributed by atoms with van der Waals surface area (Å²) in [6.45, 7) is 2.80. The van der Waals surface area contributed by atoms with Gasteiger partial charge in [-0.1, -0.05) is 0 Å². The number of aryl methyl sites for hydroxylation is 2. The summed E-state index contributed by atoms with van der Waals surface area (Å²) in [6, 6.07) is 0. The van der Waals surface area contributed by atoms with E-state index in [1.807, 2.05) is 13.1 Å². The molecule has 0 amide bonds.